The molecule has 0 bridgehead atoms. The summed E-state index contributed by atoms with van der Waals surface area (Å²) in [5.41, 5.74) is 6.09. The first-order chi connectivity index (χ1) is 45.1. The predicted molar refractivity (Wildman–Crippen MR) is 337 cm³/mol. The third-order valence-electron chi connectivity index (χ3n) is 15.1. The van der Waals surface area contributed by atoms with Gasteiger partial charge in [0, 0.05) is 33.5 Å². The van der Waals surface area contributed by atoms with Crippen molar-refractivity contribution in [1.82, 2.24) is 104 Å². The monoisotopic (exact) mass is 1310 g/mol. The zero-order valence-corrected chi connectivity index (χ0v) is 52.1. The first-order valence-corrected chi connectivity index (χ1v) is 30.0. The number of rotatable bonds is 22. The number of hydrogen-bond acceptors (Lipinski definition) is 22. The number of pyridine rings is 3. The molecular formula is C59H53Cl3N24O7. The molecule has 1 fully saturated rings. The van der Waals surface area contributed by atoms with E-state index in [0.717, 1.165) is 5.56 Å². The predicted octanol–water partition coefficient (Wildman–Crippen LogP) is 8.68. The fourth-order valence-corrected chi connectivity index (χ4v) is 11.4. The molecule has 34 heteroatoms. The number of carbonyl (C=O) groups excluding carboxylic acids is 3. The van der Waals surface area contributed by atoms with E-state index in [-0.39, 0.29) is 80.2 Å². The molecule has 0 radical (unpaired) electrons. The fourth-order valence-electron chi connectivity index (χ4n) is 10.8. The summed E-state index contributed by atoms with van der Waals surface area (Å²) >= 11 is 19.7. The fraction of sp³-hybridized carbons (Fsp3) is 0.254. The molecule has 13 rings (SSSR count). The van der Waals surface area contributed by atoms with Crippen molar-refractivity contribution in [1.29, 1.82) is 0 Å². The summed E-state index contributed by atoms with van der Waals surface area (Å²) in [6.45, 7) is 5.50. The van der Waals surface area contributed by atoms with E-state index in [1.165, 1.54) is 14.0 Å². The van der Waals surface area contributed by atoms with E-state index in [1.807, 2.05) is 25.1 Å². The van der Waals surface area contributed by atoms with Gasteiger partial charge in [-0.2, -0.15) is 15.0 Å². The summed E-state index contributed by atoms with van der Waals surface area (Å²) in [6.07, 6.45) is 1.57. The van der Waals surface area contributed by atoms with Crippen LogP contribution in [-0.4, -0.2) is 129 Å². The van der Waals surface area contributed by atoms with Gasteiger partial charge in [0.05, 0.1) is 48.7 Å². The Morgan fingerprint density at radius 1 is 0.559 bits per heavy atom. The average Bonchev–Trinajstić information content (AvgIpc) is 1.79. The highest BCUT2D eigenvalue weighted by Gasteiger charge is 2.33. The van der Waals surface area contributed by atoms with Crippen molar-refractivity contribution in [3.05, 3.63) is 147 Å². The van der Waals surface area contributed by atoms with Crippen molar-refractivity contribution < 1.29 is 33.3 Å². The zero-order chi connectivity index (χ0) is 64.4. The van der Waals surface area contributed by atoms with Crippen molar-refractivity contribution in [2.45, 2.75) is 64.8 Å². The number of benzene rings is 3. The molecule has 12 aromatic rings. The Morgan fingerprint density at radius 3 is 1.55 bits per heavy atom. The highest BCUT2D eigenvalue weighted by atomic mass is 35.5. The second-order valence-corrected chi connectivity index (χ2v) is 22.7. The molecule has 0 spiro atoms. The van der Waals surface area contributed by atoms with E-state index in [4.69, 9.17) is 68.7 Å². The van der Waals surface area contributed by atoms with E-state index in [1.54, 1.807) is 114 Å². The summed E-state index contributed by atoms with van der Waals surface area (Å²) in [6, 6.07) is 28.5. The van der Waals surface area contributed by atoms with Gasteiger partial charge in [0.25, 0.3) is 17.8 Å². The number of fused-ring (bicyclic) bond motifs is 3. The van der Waals surface area contributed by atoms with Crippen LogP contribution in [0, 0.1) is 5.92 Å². The van der Waals surface area contributed by atoms with Crippen LogP contribution in [-0.2, 0) is 55.3 Å². The first-order valence-electron chi connectivity index (χ1n) is 28.9. The van der Waals surface area contributed by atoms with Crippen LogP contribution >= 0.6 is 34.8 Å². The molecule has 31 nitrogen and oxygen atoms in total. The van der Waals surface area contributed by atoms with Crippen LogP contribution in [0.5, 0.6) is 18.0 Å². The number of hydrogen-bond donors (Lipinski definition) is 3. The lowest BCUT2D eigenvalue weighted by Gasteiger charge is -2.16. The molecule has 93 heavy (non-hydrogen) atoms. The molecule has 2 unspecified atom stereocenters. The lowest BCUT2D eigenvalue weighted by molar-refractivity contribution is -0.119. The Morgan fingerprint density at radius 2 is 1.04 bits per heavy atom. The lowest BCUT2D eigenvalue weighted by atomic mass is 9.96. The number of ether oxygens (including phenoxy) is 4. The van der Waals surface area contributed by atoms with E-state index >= 15 is 0 Å². The summed E-state index contributed by atoms with van der Waals surface area (Å²) in [5, 5.41) is 45.7. The Labute approximate surface area is 541 Å². The number of aromatic nitrogens is 21. The Balaban J connectivity index is 0.721. The molecule has 1 saturated carbocycles. The number of aryl methyl sites for hydroxylation is 3. The van der Waals surface area contributed by atoms with Crippen LogP contribution in [0.15, 0.2) is 104 Å². The SMILES string of the molecule is C=C(COC(=O)Nc1cc(C2CCC(C(=O)Nc3cccc(COc4nc5c(Cl)cccc5n4-c4nnnn4C)n3)C2)cc(COc2nc3c(Cl)cccc3n2-c2nnnn2C)n1)c1cc(COc2nc3c(Cl)cccc3n2-c2nnnn2C)nc(NC(=O)CCC)c1. The Kier molecular flexibility index (Phi) is 17.0. The molecule has 1 aliphatic rings. The molecule has 3 aromatic carbocycles. The van der Waals surface area contributed by atoms with Gasteiger partial charge in [0.2, 0.25) is 11.8 Å². The number of amides is 3. The van der Waals surface area contributed by atoms with Crippen molar-refractivity contribution in [2.24, 2.45) is 27.1 Å². The topological polar surface area (TPSA) is 347 Å². The standard InChI is InChI=1S/C59H53Cl3N24O7/c1-6-11-48(87)66-46-25-34(23-37(64-46)29-91-57-70-50-40(61)14-9-17-43(50)85(57)54-73-76-79-82(54)4)31(2)27-93-59(89)68-47-26-35(24-38(65-47)30-92-58-71-51-41(62)15-10-18-44(51)86(58)55-74-77-80-83(55)5)32-20-21-33(22-32)52(88)67-45-19-7-12-36(63-45)28-90-56-69-49-39(60)13-8-16-42(49)84(56)53-72-75-78-81(53)3/h7-10,12-19,23-26,32-33H,2,6,11,20-22,27-30H2,1,3-5H3,(H,63,67,88)(H,64,66,87)(H,65,68,89). The highest BCUT2D eigenvalue weighted by Crippen LogP contribution is 2.41. The van der Waals surface area contributed by atoms with Crippen molar-refractivity contribution >= 4 is 109 Å². The normalized spacial score (nSPS) is 13.8. The molecule has 2 atom stereocenters. The lowest BCUT2D eigenvalue weighted by Crippen LogP contribution is -2.21. The quantitative estimate of drug-likeness (QED) is 0.0571. The summed E-state index contributed by atoms with van der Waals surface area (Å²) in [4.78, 5) is 69.2. The minimum Gasteiger partial charge on any atom is -0.458 e. The number of carbonyl (C=O) groups is 3. The minimum atomic E-state index is -0.863. The van der Waals surface area contributed by atoms with Crippen LogP contribution in [0.2, 0.25) is 15.1 Å². The van der Waals surface area contributed by atoms with Gasteiger partial charge in [-0.25, -0.2) is 47.5 Å². The summed E-state index contributed by atoms with van der Waals surface area (Å²) in [7, 11) is 5.05. The van der Waals surface area contributed by atoms with Gasteiger partial charge in [-0.3, -0.25) is 14.9 Å². The molecule has 0 aliphatic heterocycles. The minimum absolute atomic E-state index is 0.0183. The number of halogens is 3. The number of tetrazole rings is 3. The van der Waals surface area contributed by atoms with Crippen LogP contribution < -0.4 is 30.2 Å². The van der Waals surface area contributed by atoms with E-state index in [9.17, 15) is 14.4 Å². The second-order valence-electron chi connectivity index (χ2n) is 21.5. The Hall–Kier alpha value is -11.1. The molecule has 0 saturated heterocycles. The summed E-state index contributed by atoms with van der Waals surface area (Å²) < 4.78 is 34.1. The second kappa shape index (κ2) is 26.0. The average molecular weight is 1320 g/mol. The third-order valence-corrected chi connectivity index (χ3v) is 16.0. The van der Waals surface area contributed by atoms with Gasteiger partial charge in [0.15, 0.2) is 0 Å². The molecule has 472 valence electrons. The van der Waals surface area contributed by atoms with Crippen molar-refractivity contribution in [3.8, 4) is 35.9 Å². The van der Waals surface area contributed by atoms with Gasteiger partial charge in [-0.1, -0.05) is 87.9 Å². The van der Waals surface area contributed by atoms with Crippen LogP contribution in [0.25, 0.3) is 56.5 Å². The van der Waals surface area contributed by atoms with Gasteiger partial charge in [0.1, 0.15) is 60.4 Å². The van der Waals surface area contributed by atoms with Gasteiger partial charge < -0.3 is 29.6 Å². The van der Waals surface area contributed by atoms with Crippen molar-refractivity contribution in [3.63, 3.8) is 0 Å². The maximum Gasteiger partial charge on any atom is 0.413 e. The van der Waals surface area contributed by atoms with E-state index in [0.29, 0.717) is 126 Å². The number of nitrogens with one attached hydrogen (secondary N) is 3. The molecule has 3 amide bonds. The molecule has 9 aromatic heterocycles. The van der Waals surface area contributed by atoms with Gasteiger partial charge in [-0.15, -0.1) is 0 Å². The van der Waals surface area contributed by atoms with E-state index in [2.05, 4.69) is 84.1 Å². The molecule has 9 heterocycles. The number of imidazole rings is 3. The zero-order valence-electron chi connectivity index (χ0n) is 49.8. The number of nitrogens with zero attached hydrogens (tertiary/aromatic N) is 21. The highest BCUT2D eigenvalue weighted by molar-refractivity contribution is 6.35. The number of anilines is 3. The number of para-hydroxylation sites is 3. The Bertz CT molecular complexity index is 4860. The van der Waals surface area contributed by atoms with Gasteiger partial charge >= 0.3 is 24.1 Å². The van der Waals surface area contributed by atoms with Crippen LogP contribution in [0.3, 0.4) is 0 Å². The van der Waals surface area contributed by atoms with Crippen LogP contribution in [0.4, 0.5) is 22.2 Å². The third kappa shape index (κ3) is 12.7. The van der Waals surface area contributed by atoms with Gasteiger partial charge in [-0.05, 0) is 152 Å². The van der Waals surface area contributed by atoms with E-state index < -0.39 is 12.0 Å². The molecular weight excluding hydrogens is 1260 g/mol. The first kappa shape index (κ1) is 60.8. The van der Waals surface area contributed by atoms with Crippen LogP contribution in [0.1, 0.15) is 73.2 Å². The summed E-state index contributed by atoms with van der Waals surface area (Å²) in [5.74, 6) is 0.577. The smallest absolute Gasteiger partial charge is 0.413 e. The molecule has 1 aliphatic carbocycles. The maximum absolute atomic E-state index is 14.1. The molecule has 3 N–H and O–H groups in total. The van der Waals surface area contributed by atoms with Crippen molar-refractivity contribution in [2.75, 3.05) is 22.6 Å². The maximum atomic E-state index is 14.1. The largest absolute Gasteiger partial charge is 0.458 e.